The molecule has 0 aliphatic carbocycles. The molecule has 76 valence electrons. The van der Waals surface area contributed by atoms with Crippen LogP contribution in [0, 0.1) is 5.92 Å². The summed E-state index contributed by atoms with van der Waals surface area (Å²) >= 11 is 5.69. The Kier molecular flexibility index (Phi) is 2.84. The van der Waals surface area contributed by atoms with Crippen molar-refractivity contribution in [2.45, 2.75) is 6.42 Å². The van der Waals surface area contributed by atoms with Crippen LogP contribution >= 0.6 is 11.6 Å². The number of hydrogen-bond donors (Lipinski definition) is 1. The lowest BCUT2D eigenvalue weighted by Crippen LogP contribution is -2.22. The Labute approximate surface area is 87.5 Å². The van der Waals surface area contributed by atoms with E-state index < -0.39 is 0 Å². The molecule has 1 atom stereocenters. The average molecular weight is 214 g/mol. The predicted octanol–water partition coefficient (Wildman–Crippen LogP) is 0.949. The van der Waals surface area contributed by atoms with E-state index in [-0.39, 0.29) is 6.61 Å². The van der Waals surface area contributed by atoms with Gasteiger partial charge in [-0.15, -0.1) is 0 Å². The van der Waals surface area contributed by atoms with E-state index >= 15 is 0 Å². The van der Waals surface area contributed by atoms with E-state index in [0.29, 0.717) is 16.9 Å². The zero-order valence-corrected chi connectivity index (χ0v) is 8.48. The van der Waals surface area contributed by atoms with Gasteiger partial charge < -0.3 is 10.0 Å². The molecule has 4 nitrogen and oxygen atoms in total. The number of aliphatic hydroxyl groups excluding tert-OH is 1. The van der Waals surface area contributed by atoms with Crippen molar-refractivity contribution in [1.82, 2.24) is 9.97 Å². The minimum Gasteiger partial charge on any atom is -0.396 e. The van der Waals surface area contributed by atoms with E-state index in [2.05, 4.69) is 14.9 Å². The van der Waals surface area contributed by atoms with E-state index in [1.165, 1.54) is 0 Å². The molecule has 0 amide bonds. The fourth-order valence-corrected chi connectivity index (χ4v) is 1.73. The second-order valence-corrected chi connectivity index (χ2v) is 3.92. The highest BCUT2D eigenvalue weighted by atomic mass is 35.5. The Morgan fingerprint density at radius 3 is 2.79 bits per heavy atom. The third-order valence-corrected chi connectivity index (χ3v) is 2.63. The molecule has 5 heteroatoms. The summed E-state index contributed by atoms with van der Waals surface area (Å²) in [5.41, 5.74) is 0. The maximum Gasteiger partial charge on any atom is 0.225 e. The topological polar surface area (TPSA) is 49.2 Å². The van der Waals surface area contributed by atoms with Crippen LogP contribution in [0.3, 0.4) is 0 Å². The van der Waals surface area contributed by atoms with E-state index in [1.807, 2.05) is 0 Å². The number of halogens is 1. The summed E-state index contributed by atoms with van der Waals surface area (Å²) in [5, 5.41) is 9.53. The lowest BCUT2D eigenvalue weighted by molar-refractivity contribution is 0.238. The van der Waals surface area contributed by atoms with Crippen molar-refractivity contribution < 1.29 is 5.11 Å². The fourth-order valence-electron chi connectivity index (χ4n) is 1.63. The monoisotopic (exact) mass is 213 g/mol. The molecule has 1 aliphatic rings. The molecule has 0 spiro atoms. The van der Waals surface area contributed by atoms with Crippen LogP contribution in [0.4, 0.5) is 5.95 Å². The van der Waals surface area contributed by atoms with Crippen LogP contribution in [0.15, 0.2) is 12.4 Å². The zero-order chi connectivity index (χ0) is 9.97. The molecular weight excluding hydrogens is 202 g/mol. The van der Waals surface area contributed by atoms with Gasteiger partial charge in [0.1, 0.15) is 0 Å². The Hall–Kier alpha value is -0.870. The lowest BCUT2D eigenvalue weighted by atomic mass is 10.1. The van der Waals surface area contributed by atoms with Gasteiger partial charge in [0, 0.05) is 25.6 Å². The first-order valence-electron chi connectivity index (χ1n) is 4.63. The highest BCUT2D eigenvalue weighted by molar-refractivity contribution is 6.30. The minimum atomic E-state index is 0.240. The number of nitrogens with zero attached hydrogens (tertiary/aromatic N) is 3. The first kappa shape index (κ1) is 9.68. The summed E-state index contributed by atoms with van der Waals surface area (Å²) in [6.45, 7) is 1.98. The van der Waals surface area contributed by atoms with Gasteiger partial charge in [-0.1, -0.05) is 11.6 Å². The molecule has 14 heavy (non-hydrogen) atoms. The molecule has 0 bridgehead atoms. The quantitative estimate of drug-likeness (QED) is 0.795. The molecule has 1 aromatic heterocycles. The third kappa shape index (κ3) is 1.96. The van der Waals surface area contributed by atoms with Gasteiger partial charge in [0.15, 0.2) is 0 Å². The zero-order valence-electron chi connectivity index (χ0n) is 7.73. The van der Waals surface area contributed by atoms with Crippen LogP contribution in [0.1, 0.15) is 6.42 Å². The molecule has 1 N–H and O–H groups in total. The van der Waals surface area contributed by atoms with Crippen LogP contribution in [-0.4, -0.2) is 34.8 Å². The van der Waals surface area contributed by atoms with E-state index in [0.717, 1.165) is 19.5 Å². The van der Waals surface area contributed by atoms with Crippen molar-refractivity contribution in [2.24, 2.45) is 5.92 Å². The van der Waals surface area contributed by atoms with Gasteiger partial charge in [-0.05, 0) is 6.42 Å². The van der Waals surface area contributed by atoms with E-state index in [4.69, 9.17) is 16.7 Å². The van der Waals surface area contributed by atoms with Crippen molar-refractivity contribution >= 4 is 17.5 Å². The lowest BCUT2D eigenvalue weighted by Gasteiger charge is -2.15. The maximum atomic E-state index is 8.99. The van der Waals surface area contributed by atoms with Gasteiger partial charge in [0.2, 0.25) is 5.95 Å². The number of rotatable bonds is 2. The first-order chi connectivity index (χ1) is 6.79. The highest BCUT2D eigenvalue weighted by Gasteiger charge is 2.23. The highest BCUT2D eigenvalue weighted by Crippen LogP contribution is 2.20. The molecule has 0 radical (unpaired) electrons. The largest absolute Gasteiger partial charge is 0.396 e. The Morgan fingerprint density at radius 2 is 2.21 bits per heavy atom. The van der Waals surface area contributed by atoms with Gasteiger partial charge in [-0.3, -0.25) is 0 Å². The smallest absolute Gasteiger partial charge is 0.225 e. The normalized spacial score (nSPS) is 21.6. The molecule has 0 saturated carbocycles. The summed E-state index contributed by atoms with van der Waals surface area (Å²) in [7, 11) is 0. The molecule has 1 fully saturated rings. The average Bonchev–Trinajstić information content (AvgIpc) is 2.67. The van der Waals surface area contributed by atoms with Crippen LogP contribution in [0.2, 0.25) is 5.02 Å². The van der Waals surface area contributed by atoms with Gasteiger partial charge in [-0.2, -0.15) is 0 Å². The van der Waals surface area contributed by atoms with Crippen LogP contribution in [0.5, 0.6) is 0 Å². The summed E-state index contributed by atoms with van der Waals surface area (Å²) in [6, 6.07) is 0. The number of aromatic nitrogens is 2. The van der Waals surface area contributed by atoms with Crippen molar-refractivity contribution in [3.63, 3.8) is 0 Å². The van der Waals surface area contributed by atoms with Gasteiger partial charge >= 0.3 is 0 Å². The maximum absolute atomic E-state index is 8.99. The van der Waals surface area contributed by atoms with Crippen LogP contribution < -0.4 is 4.90 Å². The third-order valence-electron chi connectivity index (χ3n) is 2.43. The second kappa shape index (κ2) is 4.11. The summed E-state index contributed by atoms with van der Waals surface area (Å²) in [5.74, 6) is 1.06. The number of hydrogen-bond acceptors (Lipinski definition) is 4. The van der Waals surface area contributed by atoms with Gasteiger partial charge in [0.25, 0.3) is 0 Å². The molecule has 1 saturated heterocycles. The Bertz CT molecular complexity index is 303. The number of anilines is 1. The van der Waals surface area contributed by atoms with Crippen molar-refractivity contribution in [2.75, 3.05) is 24.6 Å². The first-order valence-corrected chi connectivity index (χ1v) is 5.00. The fraction of sp³-hybridized carbons (Fsp3) is 0.556. The summed E-state index contributed by atoms with van der Waals surface area (Å²) < 4.78 is 0. The standard InChI is InChI=1S/C9H12ClN3O/c10-8-3-11-9(12-4-8)13-2-1-7(5-13)6-14/h3-4,7,14H,1-2,5-6H2/t7-/m1/s1. The molecular formula is C9H12ClN3O. The van der Waals surface area contributed by atoms with Crippen LogP contribution in [-0.2, 0) is 0 Å². The molecule has 1 aromatic rings. The van der Waals surface area contributed by atoms with Crippen LogP contribution in [0.25, 0.3) is 0 Å². The second-order valence-electron chi connectivity index (χ2n) is 3.48. The van der Waals surface area contributed by atoms with E-state index in [1.54, 1.807) is 12.4 Å². The predicted molar refractivity (Wildman–Crippen MR) is 54.4 cm³/mol. The molecule has 0 aromatic carbocycles. The molecule has 2 heterocycles. The van der Waals surface area contributed by atoms with Gasteiger partial charge in [0.05, 0.1) is 17.4 Å². The van der Waals surface area contributed by atoms with Crippen molar-refractivity contribution in [3.8, 4) is 0 Å². The Morgan fingerprint density at radius 1 is 1.50 bits per heavy atom. The number of aliphatic hydroxyl groups is 1. The van der Waals surface area contributed by atoms with Crippen molar-refractivity contribution in [3.05, 3.63) is 17.4 Å². The summed E-state index contributed by atoms with van der Waals surface area (Å²) in [6.07, 6.45) is 4.19. The van der Waals surface area contributed by atoms with E-state index in [9.17, 15) is 0 Å². The molecule has 2 rings (SSSR count). The molecule has 1 aliphatic heterocycles. The van der Waals surface area contributed by atoms with Crippen molar-refractivity contribution in [1.29, 1.82) is 0 Å². The Balaban J connectivity index is 2.06. The minimum absolute atomic E-state index is 0.240. The SMILES string of the molecule is OC[C@@H]1CCN(c2ncc(Cl)cn2)C1. The summed E-state index contributed by atoms with van der Waals surface area (Å²) in [4.78, 5) is 10.3. The van der Waals surface area contributed by atoms with Gasteiger partial charge in [-0.25, -0.2) is 9.97 Å². The molecule has 0 unspecified atom stereocenters.